The summed E-state index contributed by atoms with van der Waals surface area (Å²) in [4.78, 5) is 24.3. The summed E-state index contributed by atoms with van der Waals surface area (Å²) < 4.78 is 0. The van der Waals surface area contributed by atoms with Crippen LogP contribution in [0.15, 0.2) is 29.5 Å². The van der Waals surface area contributed by atoms with Gasteiger partial charge in [-0.3, -0.25) is 9.79 Å². The van der Waals surface area contributed by atoms with Gasteiger partial charge in [0.15, 0.2) is 5.96 Å². The molecule has 7 nitrogen and oxygen atoms in total. The number of nitrogens with zero attached hydrogens (tertiary/aromatic N) is 2. The van der Waals surface area contributed by atoms with Gasteiger partial charge in [-0.1, -0.05) is 0 Å². The van der Waals surface area contributed by atoms with Gasteiger partial charge in [0.25, 0.3) is 0 Å². The molecule has 25 heavy (non-hydrogen) atoms. The number of pyridine rings is 1. The second-order valence-electron chi connectivity index (χ2n) is 6.84. The first-order valence-corrected chi connectivity index (χ1v) is 9.05. The summed E-state index contributed by atoms with van der Waals surface area (Å²) in [5.41, 5.74) is 1.64. The number of hydrogen-bond donors (Lipinski definition) is 4. The number of aliphatic imine (C=N–C) groups is 1. The van der Waals surface area contributed by atoms with E-state index in [1.165, 1.54) is 0 Å². The molecule has 1 aliphatic heterocycles. The van der Waals surface area contributed by atoms with Gasteiger partial charge in [0.05, 0.1) is 12.2 Å². The van der Waals surface area contributed by atoms with Crippen molar-refractivity contribution in [3.8, 4) is 0 Å². The molecule has 0 radical (unpaired) electrons. The van der Waals surface area contributed by atoms with Crippen LogP contribution in [-0.2, 0) is 4.79 Å². The van der Waals surface area contributed by atoms with Crippen LogP contribution in [-0.4, -0.2) is 41.5 Å². The fourth-order valence-corrected chi connectivity index (χ4v) is 3.69. The zero-order valence-electron chi connectivity index (χ0n) is 14.2. The maximum absolute atomic E-state index is 12.6. The highest BCUT2D eigenvalue weighted by molar-refractivity contribution is 6.00. The van der Waals surface area contributed by atoms with Crippen molar-refractivity contribution in [2.75, 3.05) is 25.0 Å². The number of anilines is 1. The van der Waals surface area contributed by atoms with E-state index in [2.05, 4.69) is 30.9 Å². The summed E-state index contributed by atoms with van der Waals surface area (Å²) >= 11 is 0. The Morgan fingerprint density at radius 2 is 2.12 bits per heavy atom. The number of amides is 1. The van der Waals surface area contributed by atoms with Crippen LogP contribution in [0.5, 0.6) is 0 Å². The lowest BCUT2D eigenvalue weighted by atomic mass is 9.81. The number of H-pyrrole nitrogens is 1. The van der Waals surface area contributed by atoms with Crippen LogP contribution in [0.1, 0.15) is 25.7 Å². The Kier molecular flexibility index (Phi) is 4.54. The molecule has 1 saturated carbocycles. The van der Waals surface area contributed by atoms with E-state index < -0.39 is 0 Å². The predicted octanol–water partition coefficient (Wildman–Crippen LogP) is 1.86. The van der Waals surface area contributed by atoms with E-state index in [4.69, 9.17) is 0 Å². The van der Waals surface area contributed by atoms with Crippen LogP contribution in [0, 0.1) is 11.8 Å². The van der Waals surface area contributed by atoms with Gasteiger partial charge >= 0.3 is 0 Å². The average Bonchev–Trinajstić information content (AvgIpc) is 3.32. The Morgan fingerprint density at radius 3 is 2.92 bits per heavy atom. The predicted molar refractivity (Wildman–Crippen MR) is 98.5 cm³/mol. The minimum Gasteiger partial charge on any atom is -0.356 e. The topological polar surface area (TPSA) is 94.2 Å². The van der Waals surface area contributed by atoms with E-state index in [0.717, 1.165) is 68.0 Å². The first-order chi connectivity index (χ1) is 12.3. The minimum atomic E-state index is 0.0975. The second kappa shape index (κ2) is 7.13. The van der Waals surface area contributed by atoms with Crippen LogP contribution in [0.25, 0.3) is 11.0 Å². The van der Waals surface area contributed by atoms with Gasteiger partial charge in [0.1, 0.15) is 5.65 Å². The molecule has 1 amide bonds. The third-order valence-corrected chi connectivity index (χ3v) is 5.17. The first kappa shape index (κ1) is 15.9. The molecule has 2 aromatic heterocycles. The van der Waals surface area contributed by atoms with Crippen molar-refractivity contribution in [2.24, 2.45) is 16.8 Å². The molecule has 0 aromatic carbocycles. The maximum Gasteiger partial charge on any atom is 0.227 e. The number of hydrogen-bond acceptors (Lipinski definition) is 5. The lowest BCUT2D eigenvalue weighted by Crippen LogP contribution is -2.38. The van der Waals surface area contributed by atoms with E-state index in [1.807, 2.05) is 18.3 Å². The van der Waals surface area contributed by atoms with Crippen molar-refractivity contribution in [1.82, 2.24) is 20.6 Å². The number of nitrogens with one attached hydrogen (secondary N) is 4. The molecule has 2 aliphatic rings. The molecule has 4 N–H and O–H groups in total. The number of fused-ring (bicyclic) bond motifs is 1. The Hall–Kier alpha value is -2.57. The van der Waals surface area contributed by atoms with Gasteiger partial charge in [-0.05, 0) is 43.7 Å². The average molecular weight is 340 g/mol. The largest absolute Gasteiger partial charge is 0.356 e. The molecule has 0 unspecified atom stereocenters. The van der Waals surface area contributed by atoms with Gasteiger partial charge in [0.2, 0.25) is 5.91 Å². The summed E-state index contributed by atoms with van der Waals surface area (Å²) in [6.45, 7) is 2.73. The normalized spacial score (nSPS) is 23.1. The number of aromatic nitrogens is 2. The summed E-state index contributed by atoms with van der Waals surface area (Å²) in [7, 11) is 0. The van der Waals surface area contributed by atoms with Crippen molar-refractivity contribution in [3.05, 3.63) is 24.5 Å². The van der Waals surface area contributed by atoms with Gasteiger partial charge in [-0.25, -0.2) is 4.98 Å². The number of guanidine groups is 1. The first-order valence-electron chi connectivity index (χ1n) is 9.05. The van der Waals surface area contributed by atoms with Crippen molar-refractivity contribution in [1.29, 1.82) is 0 Å². The molecule has 3 heterocycles. The fraction of sp³-hybridized carbons (Fsp3) is 0.500. The molecule has 132 valence electrons. The van der Waals surface area contributed by atoms with Gasteiger partial charge < -0.3 is 20.9 Å². The third-order valence-electron chi connectivity index (χ3n) is 5.17. The molecular weight excluding hydrogens is 316 g/mol. The Balaban J connectivity index is 1.28. The maximum atomic E-state index is 12.6. The van der Waals surface area contributed by atoms with E-state index in [-0.39, 0.29) is 11.8 Å². The van der Waals surface area contributed by atoms with Crippen molar-refractivity contribution < 1.29 is 4.79 Å². The van der Waals surface area contributed by atoms with E-state index >= 15 is 0 Å². The van der Waals surface area contributed by atoms with E-state index in [9.17, 15) is 4.79 Å². The standard InChI is InChI=1S/C18H24N6O/c25-17(24-15-6-8-20-16-14(15)5-7-19-16)13-3-1-12(2-4-13)11-23-18-21-9-10-22-18/h5-8,12-13H,1-4,9-11H2,(H2,21,22,23)(H2,19,20,24,25). The highest BCUT2D eigenvalue weighted by Gasteiger charge is 2.26. The molecule has 0 bridgehead atoms. The molecule has 0 atom stereocenters. The molecule has 7 heteroatoms. The van der Waals surface area contributed by atoms with Crippen molar-refractivity contribution in [3.63, 3.8) is 0 Å². The monoisotopic (exact) mass is 340 g/mol. The summed E-state index contributed by atoms with van der Waals surface area (Å²) in [5, 5.41) is 10.7. The summed E-state index contributed by atoms with van der Waals surface area (Å²) in [6, 6.07) is 3.80. The zero-order valence-corrected chi connectivity index (χ0v) is 14.2. The highest BCUT2D eigenvalue weighted by atomic mass is 16.1. The number of carbonyl (C=O) groups excluding carboxylic acids is 1. The Morgan fingerprint density at radius 1 is 1.24 bits per heavy atom. The molecule has 0 spiro atoms. The minimum absolute atomic E-state index is 0.0975. The molecule has 1 aliphatic carbocycles. The van der Waals surface area contributed by atoms with Crippen LogP contribution in [0.3, 0.4) is 0 Å². The van der Waals surface area contributed by atoms with E-state index in [1.54, 1.807) is 6.20 Å². The van der Waals surface area contributed by atoms with Gasteiger partial charge in [-0.2, -0.15) is 0 Å². The molecule has 0 saturated heterocycles. The van der Waals surface area contributed by atoms with Gasteiger partial charge in [0, 0.05) is 36.8 Å². The smallest absolute Gasteiger partial charge is 0.227 e. The van der Waals surface area contributed by atoms with E-state index in [0.29, 0.717) is 5.92 Å². The lowest BCUT2D eigenvalue weighted by Gasteiger charge is -2.28. The van der Waals surface area contributed by atoms with Crippen LogP contribution in [0.2, 0.25) is 0 Å². The third kappa shape index (κ3) is 3.60. The van der Waals surface area contributed by atoms with Crippen molar-refractivity contribution >= 4 is 28.6 Å². The SMILES string of the molecule is O=C(Nc1ccnc2[nH]ccc12)C1CCC(CNC2=NCCN2)CC1. The van der Waals surface area contributed by atoms with Crippen LogP contribution >= 0.6 is 0 Å². The van der Waals surface area contributed by atoms with Gasteiger partial charge in [-0.15, -0.1) is 0 Å². The zero-order chi connectivity index (χ0) is 17.1. The number of rotatable bonds is 4. The second-order valence-corrected chi connectivity index (χ2v) is 6.84. The number of aromatic amines is 1. The lowest BCUT2D eigenvalue weighted by molar-refractivity contribution is -0.121. The molecular formula is C18H24N6O. The summed E-state index contributed by atoms with van der Waals surface area (Å²) in [5.74, 6) is 1.77. The Bertz CT molecular complexity index is 775. The quantitative estimate of drug-likeness (QED) is 0.683. The molecule has 2 aromatic rings. The summed E-state index contributed by atoms with van der Waals surface area (Å²) in [6.07, 6.45) is 7.60. The molecule has 1 fully saturated rings. The van der Waals surface area contributed by atoms with Crippen LogP contribution in [0.4, 0.5) is 5.69 Å². The fourth-order valence-electron chi connectivity index (χ4n) is 3.69. The highest BCUT2D eigenvalue weighted by Crippen LogP contribution is 2.30. The van der Waals surface area contributed by atoms with Crippen LogP contribution < -0.4 is 16.0 Å². The number of carbonyl (C=O) groups is 1. The molecule has 4 rings (SSSR count). The Labute approximate surface area is 146 Å². The van der Waals surface area contributed by atoms with Crippen molar-refractivity contribution in [2.45, 2.75) is 25.7 Å².